The number of ether oxygens (including phenoxy) is 2. The van der Waals surface area contributed by atoms with Gasteiger partial charge in [0.25, 0.3) is 0 Å². The van der Waals surface area contributed by atoms with Crippen molar-refractivity contribution in [1.82, 2.24) is 4.57 Å². The minimum atomic E-state index is -7.35. The van der Waals surface area contributed by atoms with E-state index < -0.39 is 59.0 Å². The fraction of sp³-hybridized carbons (Fsp3) is 0.450. The lowest BCUT2D eigenvalue weighted by atomic mass is 10.2. The van der Waals surface area contributed by atoms with Crippen LogP contribution >= 0.6 is 0 Å². The third-order valence-electron chi connectivity index (χ3n) is 4.72. The molecule has 212 valence electrons. The van der Waals surface area contributed by atoms with Crippen LogP contribution in [0.25, 0.3) is 0 Å². The molecule has 0 aliphatic heterocycles. The molecule has 0 saturated heterocycles. The summed E-state index contributed by atoms with van der Waals surface area (Å²) in [6, 6.07) is 4.42. The number of aromatic nitrogens is 2. The molecule has 0 spiro atoms. The zero-order chi connectivity index (χ0) is 28.9. The summed E-state index contributed by atoms with van der Waals surface area (Å²) in [5.74, 6) is -3.58. The lowest BCUT2D eigenvalue weighted by Gasteiger charge is -2.17. The van der Waals surface area contributed by atoms with Gasteiger partial charge in [0.2, 0.25) is 6.33 Å². The second-order valence-electron chi connectivity index (χ2n) is 7.66. The number of sulfonamides is 2. The van der Waals surface area contributed by atoms with Crippen LogP contribution in [-0.4, -0.2) is 54.3 Å². The molecule has 0 saturated carbocycles. The van der Waals surface area contributed by atoms with Gasteiger partial charge < -0.3 is 9.47 Å². The molecule has 0 radical (unpaired) electrons. The lowest BCUT2D eigenvalue weighted by molar-refractivity contribution is -0.671. The number of carbonyl (C=O) groups is 1. The van der Waals surface area contributed by atoms with E-state index in [4.69, 9.17) is 9.47 Å². The molecule has 0 unspecified atom stereocenters. The van der Waals surface area contributed by atoms with Crippen LogP contribution in [0, 0.1) is 0 Å². The van der Waals surface area contributed by atoms with Gasteiger partial charge in [0.15, 0.2) is 0 Å². The molecule has 0 N–H and O–H groups in total. The average Bonchev–Trinajstić information content (AvgIpc) is 3.22. The van der Waals surface area contributed by atoms with Gasteiger partial charge in [-0.3, -0.25) is 0 Å². The van der Waals surface area contributed by atoms with Crippen LogP contribution in [0.3, 0.4) is 0 Å². The summed E-state index contributed by atoms with van der Waals surface area (Å²) in [6.45, 7) is 0.411. The molecular formula is C20H23F6N3O7S2+2. The number of halogens is 6. The SMILES string of the molecule is CCCCOC(=O)[C@H](C(OCc1ccccc1)=[N+](S(=O)(=O)C(F)(F)F)S(=O)(=O)C(F)(F)F)n1cc[n+](C)c1. The summed E-state index contributed by atoms with van der Waals surface area (Å²) in [5, 5.41) is 0. The molecule has 0 aliphatic carbocycles. The van der Waals surface area contributed by atoms with Crippen molar-refractivity contribution in [2.75, 3.05) is 6.61 Å². The Morgan fingerprint density at radius 1 is 1.00 bits per heavy atom. The Morgan fingerprint density at radius 3 is 2.00 bits per heavy atom. The molecule has 38 heavy (non-hydrogen) atoms. The molecular weight excluding hydrogens is 572 g/mol. The van der Waals surface area contributed by atoms with Gasteiger partial charge in [-0.1, -0.05) is 43.7 Å². The molecule has 0 fully saturated rings. The Hall–Kier alpha value is -3.15. The Morgan fingerprint density at radius 2 is 1.55 bits per heavy atom. The maximum absolute atomic E-state index is 13.6. The van der Waals surface area contributed by atoms with Gasteiger partial charge in [-0.05, 0) is 12.0 Å². The van der Waals surface area contributed by atoms with Crippen LogP contribution in [0.15, 0.2) is 49.1 Å². The molecule has 2 aromatic rings. The monoisotopic (exact) mass is 595 g/mol. The minimum Gasteiger partial charge on any atom is -0.462 e. The Bertz CT molecular complexity index is 1320. The molecule has 18 heteroatoms. The Labute approximate surface area is 213 Å². The second kappa shape index (κ2) is 11.7. The van der Waals surface area contributed by atoms with E-state index in [0.717, 1.165) is 12.5 Å². The molecule has 0 amide bonds. The highest BCUT2D eigenvalue weighted by Gasteiger charge is 2.70. The van der Waals surface area contributed by atoms with Crippen LogP contribution in [0.5, 0.6) is 0 Å². The standard InChI is InChI=1S/C20H23F6N3O7S2/c1-3-4-12-35-18(30)16(28-11-10-27(2)14-28)17(36-13-15-8-6-5-7-9-15)29(37(31,32)19(21,22)23)38(33,34)20(24,25)26/h5-11,14,16H,3-4,12-13H2,1-2H3/q+2/t16-/m0/s1. The number of esters is 1. The summed E-state index contributed by atoms with van der Waals surface area (Å²) in [7, 11) is -13.3. The van der Waals surface area contributed by atoms with Crippen LogP contribution in [0.4, 0.5) is 26.3 Å². The second-order valence-corrected chi connectivity index (χ2v) is 11.4. The van der Waals surface area contributed by atoms with E-state index in [1.807, 2.05) is 0 Å². The van der Waals surface area contributed by atoms with Crippen molar-refractivity contribution in [1.29, 1.82) is 0 Å². The highest BCUT2D eigenvalue weighted by Crippen LogP contribution is 2.34. The summed E-state index contributed by atoms with van der Waals surface area (Å²) in [6.07, 6.45) is 3.83. The van der Waals surface area contributed by atoms with Crippen molar-refractivity contribution >= 4 is 31.9 Å². The normalized spacial score (nSPS) is 13.6. The molecule has 0 bridgehead atoms. The van der Waals surface area contributed by atoms with Gasteiger partial charge in [0.1, 0.15) is 19.0 Å². The predicted molar refractivity (Wildman–Crippen MR) is 117 cm³/mol. The zero-order valence-electron chi connectivity index (χ0n) is 19.8. The van der Waals surface area contributed by atoms with E-state index in [0.29, 0.717) is 11.0 Å². The molecule has 10 nitrogen and oxygen atoms in total. The van der Waals surface area contributed by atoms with E-state index in [-0.39, 0.29) is 18.6 Å². The van der Waals surface area contributed by atoms with E-state index in [1.165, 1.54) is 48.1 Å². The van der Waals surface area contributed by atoms with Crippen LogP contribution < -0.4 is 4.57 Å². The van der Waals surface area contributed by atoms with Crippen molar-refractivity contribution in [3.63, 3.8) is 0 Å². The molecule has 1 heterocycles. The first-order valence-corrected chi connectivity index (χ1v) is 13.5. The van der Waals surface area contributed by atoms with E-state index >= 15 is 0 Å². The number of alkyl halides is 6. The predicted octanol–water partition coefficient (Wildman–Crippen LogP) is 2.52. The summed E-state index contributed by atoms with van der Waals surface area (Å²) in [5.41, 5.74) is -13.0. The highest BCUT2D eigenvalue weighted by atomic mass is 32.3. The van der Waals surface area contributed by atoms with Gasteiger partial charge in [-0.25, -0.2) is 13.9 Å². The number of hydrogen-bond acceptors (Lipinski definition) is 7. The van der Waals surface area contributed by atoms with Crippen LogP contribution in [0.1, 0.15) is 31.4 Å². The van der Waals surface area contributed by atoms with Gasteiger partial charge in [-0.2, -0.15) is 43.2 Å². The maximum atomic E-state index is 13.6. The van der Waals surface area contributed by atoms with Gasteiger partial charge in [-0.15, -0.1) is 0 Å². The number of carbonyl (C=O) groups excluding carboxylic acids is 1. The van der Waals surface area contributed by atoms with Crippen molar-refractivity contribution < 1.29 is 65.4 Å². The van der Waals surface area contributed by atoms with Crippen molar-refractivity contribution in [2.45, 2.75) is 43.4 Å². The fourth-order valence-electron chi connectivity index (χ4n) is 2.89. The van der Waals surface area contributed by atoms with Crippen molar-refractivity contribution in [3.05, 3.63) is 54.6 Å². The lowest BCUT2D eigenvalue weighted by Crippen LogP contribution is -2.49. The maximum Gasteiger partial charge on any atom is 0.561 e. The number of unbranched alkanes of at least 4 members (excludes halogenated alkanes) is 1. The number of aryl methyl sites for hydroxylation is 1. The first-order valence-electron chi connectivity index (χ1n) is 10.6. The topological polar surface area (TPSA) is 116 Å². The highest BCUT2D eigenvalue weighted by molar-refractivity contribution is 7.98. The number of hydrogen-bond donors (Lipinski definition) is 0. The van der Waals surface area contributed by atoms with Crippen molar-refractivity contribution in [3.8, 4) is 0 Å². The number of nitrogens with zero attached hydrogens (tertiary/aromatic N) is 3. The third-order valence-corrected chi connectivity index (χ3v) is 8.30. The van der Waals surface area contributed by atoms with E-state index in [2.05, 4.69) is 0 Å². The Kier molecular flexibility index (Phi) is 9.58. The summed E-state index contributed by atoms with van der Waals surface area (Å²) >= 11 is 0. The van der Waals surface area contributed by atoms with Gasteiger partial charge in [0, 0.05) is 0 Å². The quantitative estimate of drug-likeness (QED) is 0.104. The largest absolute Gasteiger partial charge is 0.561 e. The molecule has 2 rings (SSSR count). The summed E-state index contributed by atoms with van der Waals surface area (Å²) in [4.78, 5) is 13.0. The molecule has 1 aromatic carbocycles. The van der Waals surface area contributed by atoms with Crippen molar-refractivity contribution in [2.24, 2.45) is 7.05 Å². The number of imidazole rings is 1. The van der Waals surface area contributed by atoms with Crippen LogP contribution in [-0.2, 0) is 48.0 Å². The molecule has 1 atom stereocenters. The van der Waals surface area contributed by atoms with Gasteiger partial charge >= 0.3 is 49.0 Å². The number of benzene rings is 1. The molecule has 0 aliphatic rings. The van der Waals surface area contributed by atoms with Crippen LogP contribution in [0.2, 0.25) is 0 Å². The minimum absolute atomic E-state index is 0.0925. The fourth-order valence-corrected chi connectivity index (χ4v) is 5.58. The smallest absolute Gasteiger partial charge is 0.462 e. The zero-order valence-corrected chi connectivity index (χ0v) is 21.4. The van der Waals surface area contributed by atoms with Gasteiger partial charge in [0.05, 0.1) is 17.0 Å². The average molecular weight is 596 g/mol. The first kappa shape index (κ1) is 31.1. The molecule has 1 aromatic heterocycles. The number of rotatable bonds is 10. The summed E-state index contributed by atoms with van der Waals surface area (Å²) < 4.78 is 141. The third kappa shape index (κ3) is 6.83. The Balaban J connectivity index is 3.00. The van der Waals surface area contributed by atoms with E-state index in [9.17, 15) is 48.0 Å². The first-order chi connectivity index (χ1) is 17.4. The van der Waals surface area contributed by atoms with E-state index in [1.54, 1.807) is 6.92 Å².